The molecule has 16 heavy (non-hydrogen) atoms. The van der Waals surface area contributed by atoms with E-state index in [0.717, 1.165) is 0 Å². The van der Waals surface area contributed by atoms with E-state index in [9.17, 15) is 4.39 Å². The van der Waals surface area contributed by atoms with Crippen molar-refractivity contribution in [2.45, 2.75) is 12.3 Å². The van der Waals surface area contributed by atoms with Gasteiger partial charge in [0.25, 0.3) is 0 Å². The van der Waals surface area contributed by atoms with Crippen LogP contribution in [0.4, 0.5) is 10.3 Å². The van der Waals surface area contributed by atoms with Gasteiger partial charge in [0.1, 0.15) is 0 Å². The molecule has 2 heterocycles. The highest BCUT2D eigenvalue weighted by atomic mass is 19.1. The van der Waals surface area contributed by atoms with Crippen LogP contribution in [0.25, 0.3) is 0 Å². The summed E-state index contributed by atoms with van der Waals surface area (Å²) in [6.07, 6.45) is 1.56. The Labute approximate surface area is 92.9 Å². The van der Waals surface area contributed by atoms with E-state index in [4.69, 9.17) is 9.84 Å². The fourth-order valence-corrected chi connectivity index (χ4v) is 1.75. The van der Waals surface area contributed by atoms with E-state index in [0.29, 0.717) is 11.6 Å². The Bertz CT molecular complexity index is 369. The molecule has 0 aliphatic carbocycles. The summed E-state index contributed by atoms with van der Waals surface area (Å²) in [7, 11) is 1.48. The lowest BCUT2D eigenvalue weighted by atomic mass is 9.98. The maximum atomic E-state index is 13.8. The Hall–Kier alpha value is -1.27. The molecule has 0 radical (unpaired) electrons. The third-order valence-electron chi connectivity index (χ3n) is 2.50. The van der Waals surface area contributed by atoms with Gasteiger partial charge in [-0.3, -0.25) is 0 Å². The molecule has 1 aliphatic rings. The van der Waals surface area contributed by atoms with E-state index in [1.165, 1.54) is 7.11 Å². The molecule has 1 aromatic heterocycles. The molecule has 0 spiro atoms. The molecule has 0 aromatic carbocycles. The second-order valence-corrected chi connectivity index (χ2v) is 3.95. The van der Waals surface area contributed by atoms with Gasteiger partial charge in [-0.05, 0) is 6.07 Å². The molecule has 6 heteroatoms. The Morgan fingerprint density at radius 3 is 3.00 bits per heavy atom. The first-order chi connectivity index (χ1) is 7.67. The van der Waals surface area contributed by atoms with Crippen molar-refractivity contribution in [2.24, 2.45) is 0 Å². The van der Waals surface area contributed by atoms with Crippen LogP contribution in [0.15, 0.2) is 12.3 Å². The van der Waals surface area contributed by atoms with E-state index in [1.54, 1.807) is 17.2 Å². The summed E-state index contributed by atoms with van der Waals surface area (Å²) in [6.45, 7) is 0.414. The van der Waals surface area contributed by atoms with E-state index >= 15 is 0 Å². The molecule has 0 unspecified atom stereocenters. The fraction of sp³-hybridized carbons (Fsp3) is 0.600. The van der Waals surface area contributed by atoms with Gasteiger partial charge in [0.05, 0.1) is 32.0 Å². The molecule has 1 aromatic rings. The smallest absolute Gasteiger partial charge is 0.225 e. The molecule has 0 bridgehead atoms. The predicted molar refractivity (Wildman–Crippen MR) is 55.9 cm³/mol. The van der Waals surface area contributed by atoms with Crippen LogP contribution in [0.2, 0.25) is 0 Å². The second kappa shape index (κ2) is 4.31. The molecule has 0 amide bonds. The number of aliphatic hydroxyl groups is 1. The first-order valence-corrected chi connectivity index (χ1v) is 5.02. The molecule has 1 fully saturated rings. The number of methoxy groups -OCH3 is 1. The molecule has 1 saturated heterocycles. The maximum Gasteiger partial charge on any atom is 0.225 e. The molecule has 0 atom stereocenters. The summed E-state index contributed by atoms with van der Waals surface area (Å²) in [5, 5.41) is 8.92. The minimum atomic E-state index is -1.30. The van der Waals surface area contributed by atoms with Gasteiger partial charge in [-0.15, -0.1) is 0 Å². The lowest BCUT2D eigenvalue weighted by Crippen LogP contribution is -2.62. The summed E-state index contributed by atoms with van der Waals surface area (Å²) >= 11 is 0. The number of rotatable bonds is 4. The maximum absolute atomic E-state index is 13.8. The Balaban J connectivity index is 2.00. The van der Waals surface area contributed by atoms with Crippen molar-refractivity contribution < 1.29 is 14.2 Å². The van der Waals surface area contributed by atoms with Crippen LogP contribution in [0.3, 0.4) is 0 Å². The summed E-state index contributed by atoms with van der Waals surface area (Å²) in [5.41, 5.74) is -0.763. The zero-order chi connectivity index (χ0) is 11.6. The molecular formula is C10H14FN3O2. The van der Waals surface area contributed by atoms with E-state index in [-0.39, 0.29) is 26.3 Å². The zero-order valence-electron chi connectivity index (χ0n) is 9.06. The average Bonchev–Trinajstić information content (AvgIpc) is 2.26. The van der Waals surface area contributed by atoms with Crippen molar-refractivity contribution in [1.82, 2.24) is 9.97 Å². The lowest BCUT2D eigenvalue weighted by Gasteiger charge is -2.43. The first kappa shape index (κ1) is 11.2. The largest absolute Gasteiger partial charge is 0.390 e. The van der Waals surface area contributed by atoms with Crippen LogP contribution >= 0.6 is 0 Å². The zero-order valence-corrected chi connectivity index (χ0v) is 9.06. The fourth-order valence-electron chi connectivity index (χ4n) is 1.75. The van der Waals surface area contributed by atoms with Crippen molar-refractivity contribution in [3.63, 3.8) is 0 Å². The predicted octanol–water partition coefficient (Wildman–Crippen LogP) is 0.144. The monoisotopic (exact) mass is 227 g/mol. The van der Waals surface area contributed by atoms with Crippen LogP contribution < -0.4 is 4.90 Å². The molecule has 1 N–H and O–H groups in total. The first-order valence-electron chi connectivity index (χ1n) is 5.02. The molecule has 1 aliphatic heterocycles. The van der Waals surface area contributed by atoms with E-state index in [2.05, 4.69) is 9.97 Å². The number of anilines is 1. The summed E-state index contributed by atoms with van der Waals surface area (Å²) in [6, 6.07) is 1.63. The minimum Gasteiger partial charge on any atom is -0.390 e. The van der Waals surface area contributed by atoms with Gasteiger partial charge in [0.15, 0.2) is 5.67 Å². The number of hydrogen-bond donors (Lipinski definition) is 1. The number of nitrogens with zero attached hydrogens (tertiary/aromatic N) is 3. The Morgan fingerprint density at radius 2 is 2.38 bits per heavy atom. The van der Waals surface area contributed by atoms with Gasteiger partial charge < -0.3 is 14.7 Å². The van der Waals surface area contributed by atoms with Gasteiger partial charge >= 0.3 is 0 Å². The normalized spacial score (nSPS) is 18.3. The molecule has 5 nitrogen and oxygen atoms in total. The molecular weight excluding hydrogens is 213 g/mol. The molecule has 88 valence electrons. The van der Waals surface area contributed by atoms with Crippen molar-refractivity contribution in [3.8, 4) is 0 Å². The molecule has 2 rings (SSSR count). The number of alkyl halides is 1. The average molecular weight is 227 g/mol. The third-order valence-corrected chi connectivity index (χ3v) is 2.50. The van der Waals surface area contributed by atoms with Crippen molar-refractivity contribution >= 4 is 5.95 Å². The van der Waals surface area contributed by atoms with Gasteiger partial charge in [0.2, 0.25) is 5.95 Å². The van der Waals surface area contributed by atoms with Crippen LogP contribution in [0, 0.1) is 0 Å². The van der Waals surface area contributed by atoms with E-state index < -0.39 is 5.67 Å². The number of halogens is 1. The van der Waals surface area contributed by atoms with Crippen molar-refractivity contribution in [1.29, 1.82) is 0 Å². The van der Waals surface area contributed by atoms with Crippen molar-refractivity contribution in [3.05, 3.63) is 18.0 Å². The lowest BCUT2D eigenvalue weighted by molar-refractivity contribution is 0.0188. The standard InChI is InChI=1S/C10H14FN3O2/c1-16-7-10(11)5-14(6-10)9-12-3-2-8(4-15)13-9/h2-3,15H,4-7H2,1H3. The number of aromatic nitrogens is 2. The quantitative estimate of drug-likeness (QED) is 0.793. The highest BCUT2D eigenvalue weighted by Crippen LogP contribution is 2.28. The number of ether oxygens (including phenoxy) is 1. The van der Waals surface area contributed by atoms with Gasteiger partial charge in [0, 0.05) is 13.3 Å². The summed E-state index contributed by atoms with van der Waals surface area (Å²) < 4.78 is 18.5. The number of hydrogen-bond acceptors (Lipinski definition) is 5. The van der Waals surface area contributed by atoms with Crippen LogP contribution in [0.1, 0.15) is 5.69 Å². The second-order valence-electron chi connectivity index (χ2n) is 3.95. The highest BCUT2D eigenvalue weighted by Gasteiger charge is 2.44. The van der Waals surface area contributed by atoms with Gasteiger partial charge in [-0.25, -0.2) is 14.4 Å². The topological polar surface area (TPSA) is 58.5 Å². The van der Waals surface area contributed by atoms with Crippen molar-refractivity contribution in [2.75, 3.05) is 31.7 Å². The van der Waals surface area contributed by atoms with Gasteiger partial charge in [-0.2, -0.15) is 0 Å². The summed E-state index contributed by atoms with van der Waals surface area (Å²) in [5.74, 6) is 0.455. The van der Waals surface area contributed by atoms with Crippen LogP contribution in [-0.2, 0) is 11.3 Å². The Kier molecular flexibility index (Phi) is 3.02. The van der Waals surface area contributed by atoms with Crippen LogP contribution in [-0.4, -0.2) is 47.5 Å². The Morgan fingerprint density at radius 1 is 1.62 bits per heavy atom. The van der Waals surface area contributed by atoms with Gasteiger partial charge in [-0.1, -0.05) is 0 Å². The van der Waals surface area contributed by atoms with E-state index in [1.807, 2.05) is 0 Å². The minimum absolute atomic E-state index is 0.0865. The SMILES string of the molecule is COCC1(F)CN(c2nccc(CO)n2)C1. The third kappa shape index (κ3) is 2.12. The highest BCUT2D eigenvalue weighted by molar-refractivity contribution is 5.37. The molecule has 0 saturated carbocycles. The number of aliphatic hydroxyl groups excluding tert-OH is 1. The van der Waals surface area contributed by atoms with Crippen LogP contribution in [0.5, 0.6) is 0 Å². The summed E-state index contributed by atoms with van der Waals surface area (Å²) in [4.78, 5) is 9.85.